The summed E-state index contributed by atoms with van der Waals surface area (Å²) in [7, 11) is 3.61. The van der Waals surface area contributed by atoms with Crippen LogP contribution in [0.5, 0.6) is 0 Å². The van der Waals surface area contributed by atoms with E-state index in [-0.39, 0.29) is 5.91 Å². The van der Waals surface area contributed by atoms with E-state index in [0.717, 1.165) is 34.5 Å². The Morgan fingerprint density at radius 3 is 2.70 bits per heavy atom. The molecule has 1 amide bonds. The molecule has 0 saturated heterocycles. The topological polar surface area (TPSA) is 73.2 Å². The number of aromatic nitrogens is 2. The first kappa shape index (κ1) is 19.8. The van der Waals surface area contributed by atoms with Crippen LogP contribution >= 0.6 is 0 Å². The summed E-state index contributed by atoms with van der Waals surface area (Å²) in [6.07, 6.45) is 1.54. The highest BCUT2D eigenvalue weighted by Gasteiger charge is 2.20. The second-order valence-electron chi connectivity index (χ2n) is 7.14. The standard InChI is InChI=1S/C24H23N3O3/c1-27-21-11-6-5-10-18(21)19-14-20(24(29)25-12-7-13-30-2)26-22(23(19)27)17-9-4-3-8-16(17)15-28/h3-6,8-11,14-15H,7,12-13H2,1-2H3,(H,25,29). The Morgan fingerprint density at radius 2 is 1.90 bits per heavy atom. The number of ether oxygens (including phenoxy) is 1. The maximum absolute atomic E-state index is 12.8. The number of benzene rings is 2. The van der Waals surface area contributed by atoms with Gasteiger partial charge in [-0.15, -0.1) is 0 Å². The van der Waals surface area contributed by atoms with Gasteiger partial charge in [-0.05, 0) is 18.6 Å². The molecule has 2 aromatic carbocycles. The van der Waals surface area contributed by atoms with Crippen molar-refractivity contribution in [1.82, 2.24) is 14.9 Å². The molecule has 0 aliphatic heterocycles. The zero-order valence-corrected chi connectivity index (χ0v) is 17.0. The lowest BCUT2D eigenvalue weighted by Gasteiger charge is -2.11. The molecule has 0 atom stereocenters. The van der Waals surface area contributed by atoms with Crippen molar-refractivity contribution in [3.8, 4) is 11.3 Å². The summed E-state index contributed by atoms with van der Waals surface area (Å²) >= 11 is 0. The number of fused-ring (bicyclic) bond motifs is 3. The van der Waals surface area contributed by atoms with Crippen molar-refractivity contribution in [3.05, 3.63) is 65.9 Å². The van der Waals surface area contributed by atoms with Crippen LogP contribution in [0.25, 0.3) is 33.1 Å². The van der Waals surface area contributed by atoms with Crippen molar-refractivity contribution < 1.29 is 14.3 Å². The smallest absolute Gasteiger partial charge is 0.269 e. The molecule has 0 saturated carbocycles. The SMILES string of the molecule is COCCCNC(=O)c1cc2c3ccccc3n(C)c2c(-c2ccccc2C=O)n1. The van der Waals surface area contributed by atoms with Gasteiger partial charge >= 0.3 is 0 Å². The maximum atomic E-state index is 12.8. The van der Waals surface area contributed by atoms with Crippen molar-refractivity contribution in [2.24, 2.45) is 7.05 Å². The Balaban J connectivity index is 1.94. The number of nitrogens with zero attached hydrogens (tertiary/aromatic N) is 2. The van der Waals surface area contributed by atoms with Crippen LogP contribution in [0.2, 0.25) is 0 Å². The van der Waals surface area contributed by atoms with Crippen LogP contribution in [0.3, 0.4) is 0 Å². The molecule has 0 spiro atoms. The molecular weight excluding hydrogens is 378 g/mol. The predicted octanol–water partition coefficient (Wildman–Crippen LogP) is 3.97. The quantitative estimate of drug-likeness (QED) is 0.376. The first-order valence-electron chi connectivity index (χ1n) is 9.85. The molecule has 30 heavy (non-hydrogen) atoms. The van der Waals surface area contributed by atoms with E-state index in [2.05, 4.69) is 9.88 Å². The molecule has 1 N–H and O–H groups in total. The summed E-state index contributed by atoms with van der Waals surface area (Å²) in [5, 5.41) is 4.87. The van der Waals surface area contributed by atoms with Gasteiger partial charge in [-0.1, -0.05) is 42.5 Å². The fraction of sp³-hybridized carbons (Fsp3) is 0.208. The van der Waals surface area contributed by atoms with E-state index in [0.29, 0.717) is 35.7 Å². The molecule has 2 heterocycles. The summed E-state index contributed by atoms with van der Waals surface area (Å²) in [6, 6.07) is 17.2. The van der Waals surface area contributed by atoms with Crippen LogP contribution in [0, 0.1) is 0 Å². The zero-order valence-electron chi connectivity index (χ0n) is 17.0. The minimum Gasteiger partial charge on any atom is -0.385 e. The van der Waals surface area contributed by atoms with Crippen molar-refractivity contribution >= 4 is 34.0 Å². The summed E-state index contributed by atoms with van der Waals surface area (Å²) in [4.78, 5) is 29.2. The number of para-hydroxylation sites is 1. The average Bonchev–Trinajstić information content (AvgIpc) is 3.08. The van der Waals surface area contributed by atoms with E-state index in [9.17, 15) is 9.59 Å². The van der Waals surface area contributed by atoms with Gasteiger partial charge in [0.05, 0.1) is 11.2 Å². The number of carbonyl (C=O) groups is 2. The van der Waals surface area contributed by atoms with Gasteiger partial charge < -0.3 is 14.6 Å². The minimum absolute atomic E-state index is 0.245. The Morgan fingerprint density at radius 1 is 1.13 bits per heavy atom. The molecule has 4 rings (SSSR count). The highest BCUT2D eigenvalue weighted by Crippen LogP contribution is 2.35. The van der Waals surface area contributed by atoms with Gasteiger partial charge in [0.15, 0.2) is 6.29 Å². The van der Waals surface area contributed by atoms with Crippen LogP contribution in [0.15, 0.2) is 54.6 Å². The highest BCUT2D eigenvalue weighted by molar-refractivity contribution is 6.14. The number of pyridine rings is 1. The second kappa shape index (κ2) is 8.47. The van der Waals surface area contributed by atoms with Gasteiger partial charge in [-0.2, -0.15) is 0 Å². The van der Waals surface area contributed by atoms with E-state index in [1.807, 2.05) is 55.6 Å². The third kappa shape index (κ3) is 3.46. The summed E-state index contributed by atoms with van der Waals surface area (Å²) in [5.41, 5.74) is 4.12. The van der Waals surface area contributed by atoms with Gasteiger partial charge in [0.1, 0.15) is 5.69 Å². The van der Waals surface area contributed by atoms with Gasteiger partial charge in [-0.25, -0.2) is 4.98 Å². The largest absolute Gasteiger partial charge is 0.385 e. The molecule has 6 heteroatoms. The second-order valence-corrected chi connectivity index (χ2v) is 7.14. The highest BCUT2D eigenvalue weighted by atomic mass is 16.5. The fourth-order valence-corrected chi connectivity index (χ4v) is 3.83. The summed E-state index contributed by atoms with van der Waals surface area (Å²) < 4.78 is 7.10. The third-order valence-corrected chi connectivity index (χ3v) is 5.27. The third-order valence-electron chi connectivity index (χ3n) is 5.27. The molecule has 6 nitrogen and oxygen atoms in total. The zero-order chi connectivity index (χ0) is 21.1. The Bertz CT molecular complexity index is 1240. The molecule has 0 bridgehead atoms. The van der Waals surface area contributed by atoms with E-state index < -0.39 is 0 Å². The predicted molar refractivity (Wildman–Crippen MR) is 118 cm³/mol. The van der Waals surface area contributed by atoms with Gasteiger partial charge in [0.25, 0.3) is 5.91 Å². The van der Waals surface area contributed by atoms with Crippen molar-refractivity contribution in [1.29, 1.82) is 0 Å². The van der Waals surface area contributed by atoms with E-state index in [1.165, 1.54) is 0 Å². The Labute approximate surface area is 174 Å². The maximum Gasteiger partial charge on any atom is 0.269 e. The fourth-order valence-electron chi connectivity index (χ4n) is 3.83. The van der Waals surface area contributed by atoms with Crippen LogP contribution < -0.4 is 5.32 Å². The van der Waals surface area contributed by atoms with Gasteiger partial charge in [-0.3, -0.25) is 9.59 Å². The lowest BCUT2D eigenvalue weighted by molar-refractivity contribution is 0.0943. The number of hydrogen-bond donors (Lipinski definition) is 1. The average molecular weight is 401 g/mol. The number of nitrogens with one attached hydrogen (secondary N) is 1. The van der Waals surface area contributed by atoms with E-state index >= 15 is 0 Å². The van der Waals surface area contributed by atoms with E-state index in [1.54, 1.807) is 13.2 Å². The molecule has 152 valence electrons. The first-order valence-corrected chi connectivity index (χ1v) is 9.85. The molecule has 0 radical (unpaired) electrons. The molecule has 0 aliphatic rings. The van der Waals surface area contributed by atoms with Crippen LogP contribution in [-0.2, 0) is 11.8 Å². The normalized spacial score (nSPS) is 11.1. The van der Waals surface area contributed by atoms with E-state index in [4.69, 9.17) is 9.72 Å². The molecule has 0 unspecified atom stereocenters. The number of hydrogen-bond acceptors (Lipinski definition) is 4. The number of aldehydes is 1. The van der Waals surface area contributed by atoms with Crippen LogP contribution in [0.1, 0.15) is 27.3 Å². The van der Waals surface area contributed by atoms with Crippen molar-refractivity contribution in [3.63, 3.8) is 0 Å². The Hall–Kier alpha value is -3.51. The van der Waals surface area contributed by atoms with Gasteiger partial charge in [0.2, 0.25) is 0 Å². The minimum atomic E-state index is -0.245. The number of aryl methyl sites for hydroxylation is 1. The number of amides is 1. The number of carbonyl (C=O) groups excluding carboxylic acids is 2. The molecular formula is C24H23N3O3. The van der Waals surface area contributed by atoms with Crippen LogP contribution in [-0.4, -0.2) is 42.0 Å². The van der Waals surface area contributed by atoms with Gasteiger partial charge in [0, 0.05) is 54.7 Å². The number of methoxy groups -OCH3 is 1. The Kier molecular flexibility index (Phi) is 5.59. The number of rotatable bonds is 7. The first-order chi connectivity index (χ1) is 14.7. The van der Waals surface area contributed by atoms with Crippen LogP contribution in [0.4, 0.5) is 0 Å². The lowest BCUT2D eigenvalue weighted by atomic mass is 10.0. The molecule has 4 aromatic rings. The van der Waals surface area contributed by atoms with Crippen molar-refractivity contribution in [2.75, 3.05) is 20.3 Å². The summed E-state index contributed by atoms with van der Waals surface area (Å²) in [6.45, 7) is 1.08. The van der Waals surface area contributed by atoms with Crippen molar-refractivity contribution in [2.45, 2.75) is 6.42 Å². The molecule has 2 aromatic heterocycles. The monoisotopic (exact) mass is 401 g/mol. The lowest BCUT2D eigenvalue weighted by Crippen LogP contribution is -2.26. The molecule has 0 fully saturated rings. The molecule has 0 aliphatic carbocycles. The summed E-state index contributed by atoms with van der Waals surface area (Å²) in [5.74, 6) is -0.245.